The van der Waals surface area contributed by atoms with E-state index in [0.717, 1.165) is 6.07 Å². The van der Waals surface area contributed by atoms with Crippen LogP contribution in [0.2, 0.25) is 0 Å². The molecule has 0 saturated carbocycles. The molecule has 0 saturated heterocycles. The largest absolute Gasteiger partial charge is 0.490 e. The Hall–Kier alpha value is -3.29. The monoisotopic (exact) mass is 363 g/mol. The van der Waals surface area contributed by atoms with Crippen LogP contribution in [0.3, 0.4) is 0 Å². The van der Waals surface area contributed by atoms with Gasteiger partial charge in [-0.25, -0.2) is 18.0 Å². The van der Waals surface area contributed by atoms with Crippen LogP contribution in [-0.4, -0.2) is 12.5 Å². The van der Waals surface area contributed by atoms with Crippen molar-refractivity contribution in [2.75, 3.05) is 11.9 Å². The summed E-state index contributed by atoms with van der Waals surface area (Å²) in [5, 5.41) is 2.44. The summed E-state index contributed by atoms with van der Waals surface area (Å²) in [6.45, 7) is 2.11. The number of rotatable bonds is 4. The molecule has 1 N–H and O–H groups in total. The summed E-state index contributed by atoms with van der Waals surface area (Å²) in [5.41, 5.74) is -1.84. The average molecular weight is 363 g/mol. The highest BCUT2D eigenvalue weighted by atomic mass is 19.2. The third kappa shape index (κ3) is 3.13. The minimum absolute atomic E-state index is 0.162. The summed E-state index contributed by atoms with van der Waals surface area (Å²) in [7, 11) is 0. The van der Waals surface area contributed by atoms with Crippen molar-refractivity contribution >= 4 is 22.6 Å². The minimum Gasteiger partial charge on any atom is -0.490 e. The molecule has 0 fully saturated rings. The third-order valence-electron chi connectivity index (χ3n) is 3.55. The number of para-hydroxylation sites is 1. The van der Waals surface area contributed by atoms with Gasteiger partial charge in [-0.2, -0.15) is 0 Å². The van der Waals surface area contributed by atoms with E-state index >= 15 is 0 Å². The van der Waals surface area contributed by atoms with Crippen molar-refractivity contribution in [3.8, 4) is 5.75 Å². The first-order valence-electron chi connectivity index (χ1n) is 7.57. The van der Waals surface area contributed by atoms with Crippen LogP contribution in [0.25, 0.3) is 11.0 Å². The van der Waals surface area contributed by atoms with Crippen LogP contribution >= 0.6 is 0 Å². The molecule has 0 aliphatic rings. The van der Waals surface area contributed by atoms with Crippen LogP contribution in [-0.2, 0) is 0 Å². The van der Waals surface area contributed by atoms with Crippen molar-refractivity contribution in [1.82, 2.24) is 0 Å². The van der Waals surface area contributed by atoms with E-state index in [1.165, 1.54) is 6.07 Å². The van der Waals surface area contributed by atoms with Gasteiger partial charge in [-0.1, -0.05) is 12.1 Å². The molecule has 0 aliphatic carbocycles. The zero-order chi connectivity index (χ0) is 18.8. The second kappa shape index (κ2) is 6.91. The van der Waals surface area contributed by atoms with Crippen molar-refractivity contribution in [1.29, 1.82) is 0 Å². The first-order valence-corrected chi connectivity index (χ1v) is 7.57. The molecule has 1 amide bonds. The molecule has 0 aliphatic heterocycles. The van der Waals surface area contributed by atoms with Gasteiger partial charge in [0.15, 0.2) is 28.8 Å². The number of benzene rings is 2. The van der Waals surface area contributed by atoms with E-state index in [2.05, 4.69) is 0 Å². The van der Waals surface area contributed by atoms with Crippen molar-refractivity contribution in [3.05, 3.63) is 69.8 Å². The second-order valence-corrected chi connectivity index (χ2v) is 5.23. The third-order valence-corrected chi connectivity index (χ3v) is 3.55. The first kappa shape index (κ1) is 17.5. The predicted molar refractivity (Wildman–Crippen MR) is 87.9 cm³/mol. The van der Waals surface area contributed by atoms with Crippen molar-refractivity contribution in [2.45, 2.75) is 6.92 Å². The molecular formula is C18H12F3NO4. The van der Waals surface area contributed by atoms with Gasteiger partial charge in [-0.15, -0.1) is 0 Å². The van der Waals surface area contributed by atoms with Gasteiger partial charge in [-0.05, 0) is 31.2 Å². The second-order valence-electron chi connectivity index (χ2n) is 5.23. The normalized spacial score (nSPS) is 10.8. The summed E-state index contributed by atoms with van der Waals surface area (Å²) < 4.78 is 50.4. The Morgan fingerprint density at radius 3 is 2.65 bits per heavy atom. The Morgan fingerprint density at radius 2 is 1.92 bits per heavy atom. The van der Waals surface area contributed by atoms with E-state index < -0.39 is 40.2 Å². The lowest BCUT2D eigenvalue weighted by atomic mass is 10.1. The minimum atomic E-state index is -1.73. The van der Waals surface area contributed by atoms with E-state index in [-0.39, 0.29) is 5.58 Å². The molecule has 26 heavy (non-hydrogen) atoms. The van der Waals surface area contributed by atoms with Crippen LogP contribution in [0, 0.1) is 17.5 Å². The Balaban J connectivity index is 2.00. The number of halogens is 3. The number of carbonyl (C=O) groups is 1. The lowest BCUT2D eigenvalue weighted by Gasteiger charge is -2.09. The van der Waals surface area contributed by atoms with E-state index in [0.29, 0.717) is 23.8 Å². The highest BCUT2D eigenvalue weighted by Gasteiger charge is 2.19. The zero-order valence-electron chi connectivity index (χ0n) is 13.4. The molecule has 0 spiro atoms. The van der Waals surface area contributed by atoms with Crippen LogP contribution < -0.4 is 15.7 Å². The fraction of sp³-hybridized carbons (Fsp3) is 0.111. The summed E-state index contributed by atoms with van der Waals surface area (Å²) in [6.07, 6.45) is 0. The van der Waals surface area contributed by atoms with E-state index in [1.54, 1.807) is 25.1 Å². The van der Waals surface area contributed by atoms with E-state index in [9.17, 15) is 22.8 Å². The number of carbonyl (C=O) groups excluding carboxylic acids is 1. The van der Waals surface area contributed by atoms with Gasteiger partial charge >= 0.3 is 5.63 Å². The molecular weight excluding hydrogens is 351 g/mol. The average Bonchev–Trinajstić information content (AvgIpc) is 2.62. The lowest BCUT2D eigenvalue weighted by Crippen LogP contribution is -2.21. The van der Waals surface area contributed by atoms with Gasteiger partial charge in [0.1, 0.15) is 5.56 Å². The van der Waals surface area contributed by atoms with Gasteiger partial charge < -0.3 is 14.5 Å². The number of ether oxygens (including phenoxy) is 1. The molecule has 8 heteroatoms. The smallest absolute Gasteiger partial charge is 0.349 e. The highest BCUT2D eigenvalue weighted by Crippen LogP contribution is 2.25. The van der Waals surface area contributed by atoms with Crippen molar-refractivity contribution in [3.63, 3.8) is 0 Å². The molecule has 0 bridgehead atoms. The Labute approximate surface area is 145 Å². The quantitative estimate of drug-likeness (QED) is 0.565. The molecule has 5 nitrogen and oxygen atoms in total. The number of amides is 1. The van der Waals surface area contributed by atoms with Crippen LogP contribution in [0.15, 0.2) is 45.6 Å². The maximum Gasteiger partial charge on any atom is 0.349 e. The van der Waals surface area contributed by atoms with E-state index in [4.69, 9.17) is 9.15 Å². The standard InChI is InChI=1S/C18H12F3NO4/c1-2-25-13-5-3-4-9-8-10(18(24)26-16(9)13)17(23)22-12-7-6-11(19)14(20)15(12)21/h3-8H,2H2,1H3,(H,22,23). The van der Waals surface area contributed by atoms with Gasteiger partial charge in [0, 0.05) is 5.39 Å². The van der Waals surface area contributed by atoms with Crippen LogP contribution in [0.5, 0.6) is 5.75 Å². The molecule has 0 radical (unpaired) electrons. The SMILES string of the molecule is CCOc1cccc2cc(C(=O)Nc3ccc(F)c(F)c3F)c(=O)oc12. The maximum absolute atomic E-state index is 13.7. The Bertz CT molecular complexity index is 1060. The van der Waals surface area contributed by atoms with Crippen molar-refractivity contribution in [2.24, 2.45) is 0 Å². The molecule has 3 aromatic rings. The fourth-order valence-electron chi connectivity index (χ4n) is 2.36. The summed E-state index contributed by atoms with van der Waals surface area (Å²) in [5.74, 6) is -5.38. The van der Waals surface area contributed by atoms with Gasteiger partial charge in [0.2, 0.25) is 0 Å². The Kier molecular flexibility index (Phi) is 4.66. The maximum atomic E-state index is 13.7. The molecule has 3 rings (SSSR count). The number of nitrogens with one attached hydrogen (secondary N) is 1. The number of hydrogen-bond acceptors (Lipinski definition) is 4. The molecule has 134 valence electrons. The summed E-state index contributed by atoms with van der Waals surface area (Å²) in [4.78, 5) is 24.4. The molecule has 0 atom stereocenters. The topological polar surface area (TPSA) is 68.5 Å². The molecule has 1 heterocycles. The molecule has 0 unspecified atom stereocenters. The first-order chi connectivity index (χ1) is 12.4. The summed E-state index contributed by atoms with van der Waals surface area (Å²) >= 11 is 0. The van der Waals surface area contributed by atoms with Crippen molar-refractivity contribution < 1.29 is 27.1 Å². The number of anilines is 1. The molecule has 2 aromatic carbocycles. The Morgan fingerprint density at radius 1 is 1.15 bits per heavy atom. The fourth-order valence-corrected chi connectivity index (χ4v) is 2.36. The van der Waals surface area contributed by atoms with E-state index in [1.807, 2.05) is 5.32 Å². The zero-order valence-corrected chi connectivity index (χ0v) is 13.4. The van der Waals surface area contributed by atoms with Crippen LogP contribution in [0.4, 0.5) is 18.9 Å². The predicted octanol–water partition coefficient (Wildman–Crippen LogP) is 3.86. The summed E-state index contributed by atoms with van der Waals surface area (Å²) in [6, 6.07) is 7.59. The van der Waals surface area contributed by atoms with Gasteiger partial charge in [0.25, 0.3) is 5.91 Å². The molecule has 1 aromatic heterocycles. The van der Waals surface area contributed by atoms with Gasteiger partial charge in [-0.3, -0.25) is 4.79 Å². The number of fused-ring (bicyclic) bond motifs is 1. The van der Waals surface area contributed by atoms with Crippen LogP contribution in [0.1, 0.15) is 17.3 Å². The lowest BCUT2D eigenvalue weighted by molar-refractivity contribution is 0.102. The number of hydrogen-bond donors (Lipinski definition) is 1. The highest BCUT2D eigenvalue weighted by molar-refractivity contribution is 6.05. The van der Waals surface area contributed by atoms with Gasteiger partial charge in [0.05, 0.1) is 12.3 Å².